The quantitative estimate of drug-likeness (QED) is 0.489. The van der Waals surface area contributed by atoms with E-state index in [0.717, 1.165) is 33.3 Å². The van der Waals surface area contributed by atoms with Crippen LogP contribution in [-0.2, 0) is 0 Å². The molecule has 1 saturated carbocycles. The monoisotopic (exact) mass is 402 g/mol. The molecule has 0 saturated heterocycles. The van der Waals surface area contributed by atoms with Crippen molar-refractivity contribution in [1.29, 1.82) is 0 Å². The lowest BCUT2D eigenvalue weighted by atomic mass is 10.0. The normalized spacial score (nSPS) is 14.8. The lowest BCUT2D eigenvalue weighted by molar-refractivity contribution is 0.626. The first-order valence-electron chi connectivity index (χ1n) is 10.1. The summed E-state index contributed by atoms with van der Waals surface area (Å²) < 4.78 is 15.2. The first-order chi connectivity index (χ1) is 14.5. The molecule has 0 spiro atoms. The van der Waals surface area contributed by atoms with Crippen molar-refractivity contribution in [3.63, 3.8) is 0 Å². The van der Waals surface area contributed by atoms with Crippen LogP contribution in [0.4, 0.5) is 16.2 Å². The maximum absolute atomic E-state index is 13.2. The smallest absolute Gasteiger partial charge is 0.225 e. The molecule has 3 N–H and O–H groups in total. The fraction of sp³-hybridized carbons (Fsp3) is 0.261. The van der Waals surface area contributed by atoms with Crippen molar-refractivity contribution in [1.82, 2.24) is 19.7 Å². The molecule has 0 aliphatic heterocycles. The minimum Gasteiger partial charge on any atom is -0.383 e. The van der Waals surface area contributed by atoms with Gasteiger partial charge in [-0.1, -0.05) is 18.2 Å². The minimum atomic E-state index is -0.260. The Kier molecular flexibility index (Phi) is 4.38. The maximum Gasteiger partial charge on any atom is 0.225 e. The summed E-state index contributed by atoms with van der Waals surface area (Å²) in [6, 6.07) is 12.8. The molecule has 1 fully saturated rings. The number of hydrogen-bond acceptors (Lipinski definition) is 5. The Labute approximate surface area is 174 Å². The van der Waals surface area contributed by atoms with Gasteiger partial charge in [-0.05, 0) is 62.1 Å². The van der Waals surface area contributed by atoms with Crippen LogP contribution < -0.4 is 11.1 Å². The van der Waals surface area contributed by atoms with Crippen molar-refractivity contribution in [2.24, 2.45) is 0 Å². The second kappa shape index (κ2) is 7.09. The van der Waals surface area contributed by atoms with Gasteiger partial charge in [-0.3, -0.25) is 4.68 Å². The molecule has 0 radical (unpaired) electrons. The van der Waals surface area contributed by atoms with Crippen LogP contribution in [0.25, 0.3) is 22.2 Å². The predicted octanol–water partition coefficient (Wildman–Crippen LogP) is 5.03. The van der Waals surface area contributed by atoms with Gasteiger partial charge in [0.2, 0.25) is 5.95 Å². The number of aromatic nitrogens is 4. The van der Waals surface area contributed by atoms with Crippen molar-refractivity contribution in [2.75, 3.05) is 11.1 Å². The fourth-order valence-electron chi connectivity index (χ4n) is 3.79. The molecule has 152 valence electrons. The van der Waals surface area contributed by atoms with Crippen LogP contribution in [0.15, 0.2) is 48.7 Å². The van der Waals surface area contributed by atoms with E-state index in [9.17, 15) is 4.39 Å². The van der Waals surface area contributed by atoms with Crippen LogP contribution in [0.2, 0.25) is 0 Å². The van der Waals surface area contributed by atoms with Crippen LogP contribution >= 0.6 is 0 Å². The van der Waals surface area contributed by atoms with Crippen LogP contribution in [0.3, 0.4) is 0 Å². The molecule has 7 heteroatoms. The van der Waals surface area contributed by atoms with Crippen molar-refractivity contribution < 1.29 is 4.39 Å². The Morgan fingerprint density at radius 2 is 1.87 bits per heavy atom. The number of hydrogen-bond donors (Lipinski definition) is 2. The topological polar surface area (TPSA) is 81.6 Å². The summed E-state index contributed by atoms with van der Waals surface area (Å²) in [5.74, 6) is 0.591. The van der Waals surface area contributed by atoms with Gasteiger partial charge in [0.15, 0.2) is 0 Å². The molecular formula is C23H23FN6. The number of benzene rings is 2. The third-order valence-electron chi connectivity index (χ3n) is 5.60. The van der Waals surface area contributed by atoms with Crippen molar-refractivity contribution >= 4 is 22.7 Å². The molecule has 0 amide bonds. The number of fused-ring (bicyclic) bond motifs is 1. The zero-order chi connectivity index (χ0) is 20.8. The van der Waals surface area contributed by atoms with Crippen LogP contribution in [0.1, 0.15) is 43.0 Å². The van der Waals surface area contributed by atoms with E-state index in [2.05, 4.69) is 15.3 Å². The Morgan fingerprint density at radius 1 is 1.10 bits per heavy atom. The van der Waals surface area contributed by atoms with Gasteiger partial charge in [0.05, 0.1) is 28.7 Å². The van der Waals surface area contributed by atoms with E-state index < -0.39 is 0 Å². The average Bonchev–Trinajstić information content (AvgIpc) is 3.46. The molecular weight excluding hydrogens is 379 g/mol. The molecule has 0 bridgehead atoms. The molecule has 5 rings (SSSR count). The molecule has 4 aromatic rings. The van der Waals surface area contributed by atoms with Crippen LogP contribution in [0, 0.1) is 12.7 Å². The summed E-state index contributed by atoms with van der Waals surface area (Å²) in [7, 11) is 0. The van der Waals surface area contributed by atoms with Gasteiger partial charge in [-0.2, -0.15) is 10.1 Å². The summed E-state index contributed by atoms with van der Waals surface area (Å²) >= 11 is 0. The zero-order valence-corrected chi connectivity index (χ0v) is 16.9. The van der Waals surface area contributed by atoms with Gasteiger partial charge >= 0.3 is 0 Å². The molecule has 2 aromatic carbocycles. The zero-order valence-electron chi connectivity index (χ0n) is 16.9. The fourth-order valence-corrected chi connectivity index (χ4v) is 3.79. The van der Waals surface area contributed by atoms with Crippen LogP contribution in [0.5, 0.6) is 0 Å². The molecule has 2 heterocycles. The Hall–Kier alpha value is -3.48. The lowest BCUT2D eigenvalue weighted by Gasteiger charge is -2.16. The highest BCUT2D eigenvalue weighted by atomic mass is 19.1. The molecule has 0 unspecified atom stereocenters. The summed E-state index contributed by atoms with van der Waals surface area (Å²) in [6.45, 7) is 4.02. The van der Waals surface area contributed by atoms with E-state index in [4.69, 9.17) is 10.8 Å². The number of anilines is 2. The predicted molar refractivity (Wildman–Crippen MR) is 117 cm³/mol. The number of rotatable bonds is 5. The van der Waals surface area contributed by atoms with Gasteiger partial charge < -0.3 is 11.1 Å². The molecule has 6 nitrogen and oxygen atoms in total. The van der Waals surface area contributed by atoms with E-state index >= 15 is 0 Å². The van der Waals surface area contributed by atoms with E-state index in [1.54, 1.807) is 12.1 Å². The first-order valence-corrected chi connectivity index (χ1v) is 10.1. The Balaban J connectivity index is 1.52. The summed E-state index contributed by atoms with van der Waals surface area (Å²) in [6.07, 6.45) is 4.40. The maximum atomic E-state index is 13.2. The van der Waals surface area contributed by atoms with E-state index in [0.29, 0.717) is 17.8 Å². The van der Waals surface area contributed by atoms with Gasteiger partial charge in [0, 0.05) is 11.8 Å². The third kappa shape index (κ3) is 3.36. The highest BCUT2D eigenvalue weighted by Gasteiger charge is 2.25. The second-order valence-corrected chi connectivity index (χ2v) is 7.91. The highest BCUT2D eigenvalue weighted by molar-refractivity contribution is 6.02. The lowest BCUT2D eigenvalue weighted by Crippen LogP contribution is -2.11. The number of nitrogens with zero attached hydrogens (tertiary/aromatic N) is 4. The minimum absolute atomic E-state index is 0.0957. The largest absolute Gasteiger partial charge is 0.383 e. The molecule has 30 heavy (non-hydrogen) atoms. The van der Waals surface area contributed by atoms with E-state index in [1.165, 1.54) is 25.0 Å². The number of nitrogens with two attached hydrogens (primary N) is 1. The Bertz CT molecular complexity index is 1230. The highest BCUT2D eigenvalue weighted by Crippen LogP contribution is 2.37. The SMILES string of the molecule is Cc1ccc2nc(N[C@@H](C)c3ccc(F)cc3)nc(N)c2c1-c1ccn(C2CC2)n1. The third-order valence-corrected chi connectivity index (χ3v) is 5.60. The molecule has 1 atom stereocenters. The number of halogens is 1. The number of nitrogens with one attached hydrogen (secondary N) is 1. The van der Waals surface area contributed by atoms with Gasteiger partial charge in [-0.25, -0.2) is 9.37 Å². The van der Waals surface area contributed by atoms with E-state index in [1.807, 2.05) is 42.9 Å². The standard InChI is InChI=1S/C23H23FN6/c1-13-3-10-18-21(20(13)19-11-12-30(29-19)17-8-9-17)22(25)28-23(27-18)26-14(2)15-4-6-16(24)7-5-15/h3-7,10-12,14,17H,8-9H2,1-2H3,(H3,25,26,27,28)/t14-/m0/s1. The van der Waals surface area contributed by atoms with Crippen molar-refractivity contribution in [2.45, 2.75) is 38.8 Å². The molecule has 1 aliphatic carbocycles. The van der Waals surface area contributed by atoms with Gasteiger partial charge in [-0.15, -0.1) is 0 Å². The van der Waals surface area contributed by atoms with Crippen molar-refractivity contribution in [3.05, 3.63) is 65.6 Å². The first kappa shape index (κ1) is 18.5. The number of aryl methyl sites for hydroxylation is 1. The Morgan fingerprint density at radius 3 is 2.60 bits per heavy atom. The molecule has 1 aliphatic rings. The van der Waals surface area contributed by atoms with E-state index in [-0.39, 0.29) is 11.9 Å². The van der Waals surface area contributed by atoms with Gasteiger partial charge in [0.25, 0.3) is 0 Å². The summed E-state index contributed by atoms with van der Waals surface area (Å²) in [5, 5.41) is 8.85. The second-order valence-electron chi connectivity index (χ2n) is 7.91. The number of nitrogen functional groups attached to an aromatic ring is 1. The average molecular weight is 402 g/mol. The molecule has 2 aromatic heterocycles. The van der Waals surface area contributed by atoms with Crippen LogP contribution in [-0.4, -0.2) is 19.7 Å². The summed E-state index contributed by atoms with van der Waals surface area (Å²) in [5.41, 5.74) is 11.0. The van der Waals surface area contributed by atoms with Crippen molar-refractivity contribution in [3.8, 4) is 11.3 Å². The summed E-state index contributed by atoms with van der Waals surface area (Å²) in [4.78, 5) is 9.20. The van der Waals surface area contributed by atoms with Gasteiger partial charge in [0.1, 0.15) is 11.6 Å².